The van der Waals surface area contributed by atoms with Crippen molar-refractivity contribution in [2.24, 2.45) is 0 Å². The Morgan fingerprint density at radius 3 is 2.65 bits per heavy atom. The van der Waals surface area contributed by atoms with E-state index in [0.29, 0.717) is 18.1 Å². The Hall–Kier alpha value is -2.95. The number of methoxy groups -OCH3 is 1. The first-order valence-corrected chi connectivity index (χ1v) is 7.36. The van der Waals surface area contributed by atoms with Gasteiger partial charge < -0.3 is 9.47 Å². The van der Waals surface area contributed by atoms with Gasteiger partial charge in [-0.25, -0.2) is 4.79 Å². The van der Waals surface area contributed by atoms with Gasteiger partial charge in [0.2, 0.25) is 0 Å². The summed E-state index contributed by atoms with van der Waals surface area (Å²) in [6, 6.07) is 15.0. The molecular weight excluding hydrogens is 292 g/mol. The summed E-state index contributed by atoms with van der Waals surface area (Å²) >= 11 is 0. The molecule has 2 heterocycles. The Balaban J connectivity index is 2.18. The first-order valence-electron chi connectivity index (χ1n) is 7.36. The zero-order valence-electron chi connectivity index (χ0n) is 13.0. The molecule has 0 fully saturated rings. The van der Waals surface area contributed by atoms with Crippen LogP contribution in [0.2, 0.25) is 0 Å². The summed E-state index contributed by atoms with van der Waals surface area (Å²) in [5, 5.41) is 0. The van der Waals surface area contributed by atoms with Crippen LogP contribution in [0.3, 0.4) is 0 Å². The number of hydrogen-bond donors (Lipinski definition) is 0. The second-order valence-electron chi connectivity index (χ2n) is 4.91. The van der Waals surface area contributed by atoms with Gasteiger partial charge in [0.05, 0.1) is 25.5 Å². The number of esters is 1. The summed E-state index contributed by atoms with van der Waals surface area (Å²) in [5.41, 5.74) is 2.05. The average Bonchev–Trinajstić information content (AvgIpc) is 2.61. The van der Waals surface area contributed by atoms with E-state index in [2.05, 4.69) is 4.98 Å². The molecule has 0 aliphatic carbocycles. The Morgan fingerprint density at radius 2 is 1.96 bits per heavy atom. The van der Waals surface area contributed by atoms with Crippen LogP contribution in [0.25, 0.3) is 16.9 Å². The molecule has 0 amide bonds. The molecule has 2 aromatic heterocycles. The highest BCUT2D eigenvalue weighted by Gasteiger charge is 2.22. The zero-order chi connectivity index (χ0) is 16.2. The van der Waals surface area contributed by atoms with Gasteiger partial charge >= 0.3 is 11.8 Å². The molecule has 3 rings (SSSR count). The van der Waals surface area contributed by atoms with E-state index in [1.54, 1.807) is 20.1 Å². The molecule has 0 bridgehead atoms. The van der Waals surface area contributed by atoms with E-state index >= 15 is 0 Å². The molecular formula is C18H17N2O3+. The minimum atomic E-state index is -0.423. The molecule has 0 N–H and O–H groups in total. The minimum absolute atomic E-state index is 0.295. The fourth-order valence-corrected chi connectivity index (χ4v) is 2.36. The fourth-order valence-electron chi connectivity index (χ4n) is 2.36. The summed E-state index contributed by atoms with van der Waals surface area (Å²) in [5.74, 6) is 1.02. The van der Waals surface area contributed by atoms with Gasteiger partial charge in [-0.1, -0.05) is 6.07 Å². The van der Waals surface area contributed by atoms with Crippen LogP contribution in [0, 0.1) is 0 Å². The maximum absolute atomic E-state index is 12.1. The van der Waals surface area contributed by atoms with Gasteiger partial charge in [0.15, 0.2) is 0 Å². The maximum atomic E-state index is 12.1. The quantitative estimate of drug-likeness (QED) is 0.549. The monoisotopic (exact) mass is 309 g/mol. The lowest BCUT2D eigenvalue weighted by atomic mass is 10.2. The number of rotatable bonds is 4. The average molecular weight is 309 g/mol. The third-order valence-corrected chi connectivity index (χ3v) is 3.46. The van der Waals surface area contributed by atoms with Crippen LogP contribution in [-0.2, 0) is 4.74 Å². The minimum Gasteiger partial charge on any atom is -0.497 e. The zero-order valence-corrected chi connectivity index (χ0v) is 13.0. The number of pyridine rings is 1. The van der Waals surface area contributed by atoms with E-state index in [-0.39, 0.29) is 0 Å². The lowest BCUT2D eigenvalue weighted by Gasteiger charge is -2.04. The van der Waals surface area contributed by atoms with Gasteiger partial charge in [0.1, 0.15) is 11.3 Å². The van der Waals surface area contributed by atoms with Crippen LogP contribution in [0.5, 0.6) is 5.75 Å². The van der Waals surface area contributed by atoms with Crippen molar-refractivity contribution in [3.8, 4) is 17.1 Å². The number of ether oxygens (including phenoxy) is 2. The van der Waals surface area contributed by atoms with Gasteiger partial charge in [-0.05, 0) is 48.3 Å². The van der Waals surface area contributed by atoms with Crippen molar-refractivity contribution in [1.82, 2.24) is 4.98 Å². The summed E-state index contributed by atoms with van der Waals surface area (Å²) in [6.45, 7) is 2.09. The predicted molar refractivity (Wildman–Crippen MR) is 85.3 cm³/mol. The van der Waals surface area contributed by atoms with Crippen molar-refractivity contribution in [1.29, 1.82) is 0 Å². The summed E-state index contributed by atoms with van der Waals surface area (Å²) < 4.78 is 12.2. The van der Waals surface area contributed by atoms with Gasteiger partial charge in [0.25, 0.3) is 5.69 Å². The molecule has 0 radical (unpaired) electrons. The van der Waals surface area contributed by atoms with Crippen LogP contribution in [0.4, 0.5) is 0 Å². The number of nitrogens with zero attached hydrogens (tertiary/aromatic N) is 2. The molecule has 0 spiro atoms. The third kappa shape index (κ3) is 2.99. The summed E-state index contributed by atoms with van der Waals surface area (Å²) in [7, 11) is 1.62. The number of benzene rings is 1. The largest absolute Gasteiger partial charge is 0.497 e. The van der Waals surface area contributed by atoms with Crippen molar-refractivity contribution < 1.29 is 18.7 Å². The third-order valence-electron chi connectivity index (χ3n) is 3.46. The van der Waals surface area contributed by atoms with E-state index in [1.165, 1.54) is 0 Å². The maximum Gasteiger partial charge on any atom is 0.383 e. The molecule has 116 valence electrons. The SMILES string of the molecule is CCOC(=O)c1cc2cccc[n+]2c(-c2ccc(OC)cc2)n1. The summed E-state index contributed by atoms with van der Waals surface area (Å²) in [6.07, 6.45) is 1.91. The van der Waals surface area contributed by atoms with Crippen molar-refractivity contribution in [3.05, 3.63) is 60.4 Å². The number of aromatic nitrogens is 2. The van der Waals surface area contributed by atoms with Crippen molar-refractivity contribution in [2.75, 3.05) is 13.7 Å². The van der Waals surface area contributed by atoms with Gasteiger partial charge in [-0.2, -0.15) is 4.40 Å². The molecule has 23 heavy (non-hydrogen) atoms. The smallest absolute Gasteiger partial charge is 0.383 e. The first kappa shape index (κ1) is 15.0. The lowest BCUT2D eigenvalue weighted by molar-refractivity contribution is -0.503. The van der Waals surface area contributed by atoms with Gasteiger partial charge in [-0.15, -0.1) is 0 Å². The standard InChI is InChI=1S/C18H17N2O3/c1-3-23-18(21)16-12-14-6-4-5-11-20(14)17(19-16)13-7-9-15(22-2)10-8-13/h4-12H,3H2,1-2H3/q+1. The highest BCUT2D eigenvalue weighted by molar-refractivity contribution is 5.88. The Labute approximate surface area is 134 Å². The van der Waals surface area contributed by atoms with E-state index in [9.17, 15) is 4.79 Å². The van der Waals surface area contributed by atoms with Gasteiger partial charge in [-0.3, -0.25) is 0 Å². The lowest BCUT2D eigenvalue weighted by Crippen LogP contribution is -2.27. The van der Waals surface area contributed by atoms with Crippen LogP contribution < -0.4 is 9.14 Å². The van der Waals surface area contributed by atoms with Crippen molar-refractivity contribution in [2.45, 2.75) is 6.92 Å². The molecule has 0 atom stereocenters. The van der Waals surface area contributed by atoms with Crippen molar-refractivity contribution >= 4 is 11.5 Å². The van der Waals surface area contributed by atoms with Gasteiger partial charge in [0, 0.05) is 6.07 Å². The highest BCUT2D eigenvalue weighted by atomic mass is 16.5. The van der Waals surface area contributed by atoms with Crippen molar-refractivity contribution in [3.63, 3.8) is 0 Å². The molecule has 5 heteroatoms. The topological polar surface area (TPSA) is 52.5 Å². The predicted octanol–water partition coefficient (Wildman–Crippen LogP) is 2.67. The molecule has 5 nitrogen and oxygen atoms in total. The molecule has 0 saturated carbocycles. The van der Waals surface area contributed by atoms with Crippen LogP contribution >= 0.6 is 0 Å². The van der Waals surface area contributed by atoms with E-state index in [4.69, 9.17) is 9.47 Å². The fraction of sp³-hybridized carbons (Fsp3) is 0.167. The second-order valence-corrected chi connectivity index (χ2v) is 4.91. The van der Waals surface area contributed by atoms with Crippen LogP contribution in [0.15, 0.2) is 54.7 Å². The normalized spacial score (nSPS) is 10.5. The molecule has 0 aliphatic rings. The Bertz CT molecular complexity index is 845. The number of fused-ring (bicyclic) bond motifs is 1. The molecule has 3 aromatic rings. The number of carbonyl (C=O) groups excluding carboxylic acids is 1. The highest BCUT2D eigenvalue weighted by Crippen LogP contribution is 2.19. The molecule has 0 saturated heterocycles. The Morgan fingerprint density at radius 1 is 1.17 bits per heavy atom. The number of hydrogen-bond acceptors (Lipinski definition) is 4. The van der Waals surface area contributed by atoms with E-state index in [1.807, 2.05) is 53.1 Å². The molecule has 1 aromatic carbocycles. The molecule has 0 aliphatic heterocycles. The van der Waals surface area contributed by atoms with Crippen LogP contribution in [-0.4, -0.2) is 24.7 Å². The first-order chi connectivity index (χ1) is 11.2. The van der Waals surface area contributed by atoms with E-state index < -0.39 is 5.97 Å². The number of carbonyl (C=O) groups is 1. The second kappa shape index (κ2) is 6.44. The Kier molecular flexibility index (Phi) is 4.19. The van der Waals surface area contributed by atoms with Crippen LogP contribution in [0.1, 0.15) is 17.4 Å². The molecule has 0 unspecified atom stereocenters. The summed E-state index contributed by atoms with van der Waals surface area (Å²) in [4.78, 5) is 16.6. The van der Waals surface area contributed by atoms with E-state index in [0.717, 1.165) is 16.8 Å².